The highest BCUT2D eigenvalue weighted by Crippen LogP contribution is 2.28. The summed E-state index contributed by atoms with van der Waals surface area (Å²) >= 11 is 0. The zero-order valence-electron chi connectivity index (χ0n) is 14.7. The molecule has 1 aromatic carbocycles. The number of rotatable bonds is 5. The molecule has 2 amide bonds. The molecule has 0 spiro atoms. The minimum atomic E-state index is -0.347. The third-order valence-electron chi connectivity index (χ3n) is 4.40. The van der Waals surface area contributed by atoms with Gasteiger partial charge in [-0.05, 0) is 31.2 Å². The zero-order chi connectivity index (χ0) is 18.0. The van der Waals surface area contributed by atoms with Crippen LogP contribution < -0.4 is 9.64 Å². The number of amides is 2. The van der Waals surface area contributed by atoms with E-state index >= 15 is 0 Å². The molecule has 6 heteroatoms. The molecule has 25 heavy (non-hydrogen) atoms. The Bertz CT molecular complexity index is 783. The number of carbonyl (C=O) groups excluding carboxylic acids is 2. The molecule has 6 nitrogen and oxygen atoms in total. The molecule has 3 rings (SSSR count). The smallest absolute Gasteiger partial charge is 0.228 e. The van der Waals surface area contributed by atoms with Crippen molar-refractivity contribution in [2.75, 3.05) is 25.6 Å². The fourth-order valence-electron chi connectivity index (χ4n) is 3.09. The second-order valence-electron chi connectivity index (χ2n) is 6.31. The molecule has 1 fully saturated rings. The molecule has 1 aliphatic heterocycles. The maximum Gasteiger partial charge on any atom is 0.228 e. The number of carbonyl (C=O) groups is 2. The van der Waals surface area contributed by atoms with Crippen molar-refractivity contribution in [1.82, 2.24) is 4.90 Å². The van der Waals surface area contributed by atoms with Crippen molar-refractivity contribution in [2.45, 2.75) is 19.9 Å². The molecule has 0 bridgehead atoms. The first kappa shape index (κ1) is 17.1. The van der Waals surface area contributed by atoms with Crippen molar-refractivity contribution in [2.24, 2.45) is 5.92 Å². The highest BCUT2D eigenvalue weighted by molar-refractivity contribution is 6.00. The van der Waals surface area contributed by atoms with Gasteiger partial charge in [0.15, 0.2) is 0 Å². The number of anilines is 1. The van der Waals surface area contributed by atoms with Gasteiger partial charge in [0.1, 0.15) is 17.3 Å². The van der Waals surface area contributed by atoms with Gasteiger partial charge in [-0.15, -0.1) is 0 Å². The van der Waals surface area contributed by atoms with Crippen molar-refractivity contribution >= 4 is 17.5 Å². The third kappa shape index (κ3) is 3.68. The summed E-state index contributed by atoms with van der Waals surface area (Å²) in [6.45, 7) is 2.65. The molecule has 0 saturated carbocycles. The second-order valence-corrected chi connectivity index (χ2v) is 6.31. The van der Waals surface area contributed by atoms with Crippen LogP contribution in [-0.2, 0) is 16.1 Å². The van der Waals surface area contributed by atoms with Gasteiger partial charge in [0.05, 0.1) is 19.6 Å². The second kappa shape index (κ2) is 7.01. The van der Waals surface area contributed by atoms with Crippen molar-refractivity contribution < 1.29 is 18.7 Å². The van der Waals surface area contributed by atoms with Crippen LogP contribution >= 0.6 is 0 Å². The number of ether oxygens (including phenoxy) is 1. The largest absolute Gasteiger partial charge is 0.497 e. The number of benzene rings is 1. The van der Waals surface area contributed by atoms with Gasteiger partial charge >= 0.3 is 0 Å². The number of furan rings is 1. The fourth-order valence-corrected chi connectivity index (χ4v) is 3.09. The van der Waals surface area contributed by atoms with Gasteiger partial charge in [-0.25, -0.2) is 0 Å². The fraction of sp³-hybridized carbons (Fsp3) is 0.368. The summed E-state index contributed by atoms with van der Waals surface area (Å²) in [7, 11) is 3.32. The summed E-state index contributed by atoms with van der Waals surface area (Å²) in [5.41, 5.74) is 0.754. The van der Waals surface area contributed by atoms with Crippen LogP contribution in [0, 0.1) is 12.8 Å². The SMILES string of the molecule is COc1cccc(N2C[C@H](C(=O)N(C)Cc3ccc(C)o3)CC2=O)c1. The van der Waals surface area contributed by atoms with Crippen LogP contribution in [0.3, 0.4) is 0 Å². The first-order valence-electron chi connectivity index (χ1n) is 8.22. The highest BCUT2D eigenvalue weighted by atomic mass is 16.5. The van der Waals surface area contributed by atoms with Crippen molar-refractivity contribution in [3.8, 4) is 5.75 Å². The summed E-state index contributed by atoms with van der Waals surface area (Å²) in [4.78, 5) is 28.3. The number of methoxy groups -OCH3 is 1. The van der Waals surface area contributed by atoms with Gasteiger partial charge in [-0.2, -0.15) is 0 Å². The quantitative estimate of drug-likeness (QED) is 0.838. The van der Waals surface area contributed by atoms with E-state index in [9.17, 15) is 9.59 Å². The summed E-state index contributed by atoms with van der Waals surface area (Å²) in [6, 6.07) is 11.1. The van der Waals surface area contributed by atoms with Crippen LogP contribution in [0.2, 0.25) is 0 Å². The topological polar surface area (TPSA) is 63.0 Å². The van der Waals surface area contributed by atoms with Gasteiger partial charge in [0, 0.05) is 31.8 Å². The van der Waals surface area contributed by atoms with E-state index < -0.39 is 0 Å². The normalized spacial score (nSPS) is 17.0. The molecule has 0 radical (unpaired) electrons. The van der Waals surface area contributed by atoms with Gasteiger partial charge in [0.25, 0.3) is 0 Å². The standard InChI is InChI=1S/C19H22N2O4/c1-13-7-8-17(25-13)12-20(2)19(23)14-9-18(22)21(11-14)15-5-4-6-16(10-15)24-3/h4-8,10,14H,9,11-12H2,1-3H3/t14-/m1/s1. The van der Waals surface area contributed by atoms with Crippen molar-refractivity contribution in [3.05, 3.63) is 47.9 Å². The van der Waals surface area contributed by atoms with E-state index in [0.717, 1.165) is 17.2 Å². The van der Waals surface area contributed by atoms with E-state index in [2.05, 4.69) is 0 Å². The molecule has 2 aromatic rings. The molecule has 1 atom stereocenters. The minimum absolute atomic E-state index is 0.0474. The molecule has 1 aromatic heterocycles. The number of hydrogen-bond acceptors (Lipinski definition) is 4. The molecule has 0 N–H and O–H groups in total. The van der Waals surface area contributed by atoms with Gasteiger partial charge in [0.2, 0.25) is 11.8 Å². The van der Waals surface area contributed by atoms with Crippen LogP contribution in [-0.4, -0.2) is 37.4 Å². The van der Waals surface area contributed by atoms with Gasteiger partial charge in [-0.1, -0.05) is 6.07 Å². The molecule has 1 aliphatic rings. The molecular formula is C19H22N2O4. The van der Waals surface area contributed by atoms with Crippen LogP contribution in [0.5, 0.6) is 5.75 Å². The summed E-state index contributed by atoms with van der Waals surface area (Å²) < 4.78 is 10.7. The number of hydrogen-bond donors (Lipinski definition) is 0. The van der Waals surface area contributed by atoms with Crippen molar-refractivity contribution in [1.29, 1.82) is 0 Å². The molecule has 0 aliphatic carbocycles. The first-order chi connectivity index (χ1) is 12.0. The Hall–Kier alpha value is -2.76. The summed E-state index contributed by atoms with van der Waals surface area (Å²) in [6.07, 6.45) is 0.220. The van der Waals surface area contributed by atoms with E-state index in [-0.39, 0.29) is 24.2 Å². The number of aryl methyl sites for hydroxylation is 1. The molecule has 0 unspecified atom stereocenters. The maximum atomic E-state index is 12.7. The first-order valence-corrected chi connectivity index (χ1v) is 8.22. The summed E-state index contributed by atoms with van der Waals surface area (Å²) in [5.74, 6) is 1.80. The predicted molar refractivity (Wildman–Crippen MR) is 93.4 cm³/mol. The monoisotopic (exact) mass is 342 g/mol. The lowest BCUT2D eigenvalue weighted by Crippen LogP contribution is -2.34. The van der Waals surface area contributed by atoms with Crippen LogP contribution in [0.1, 0.15) is 17.9 Å². The lowest BCUT2D eigenvalue weighted by molar-refractivity contribution is -0.135. The lowest BCUT2D eigenvalue weighted by Gasteiger charge is -2.21. The third-order valence-corrected chi connectivity index (χ3v) is 4.40. The van der Waals surface area contributed by atoms with Crippen LogP contribution in [0.4, 0.5) is 5.69 Å². The van der Waals surface area contributed by atoms with Crippen LogP contribution in [0.25, 0.3) is 0 Å². The Kier molecular flexibility index (Phi) is 4.79. The van der Waals surface area contributed by atoms with E-state index in [4.69, 9.17) is 9.15 Å². The van der Waals surface area contributed by atoms with E-state index in [1.807, 2.05) is 37.3 Å². The Morgan fingerprint density at radius 3 is 2.84 bits per heavy atom. The highest BCUT2D eigenvalue weighted by Gasteiger charge is 2.36. The lowest BCUT2D eigenvalue weighted by atomic mass is 10.1. The average Bonchev–Trinajstić information content (AvgIpc) is 3.19. The van der Waals surface area contributed by atoms with Gasteiger partial charge in [-0.3, -0.25) is 9.59 Å². The molecule has 2 heterocycles. The Balaban J connectivity index is 1.67. The predicted octanol–water partition coefficient (Wildman–Crippen LogP) is 2.61. The van der Waals surface area contributed by atoms with E-state index in [1.54, 1.807) is 30.0 Å². The Labute approximate surface area is 147 Å². The Morgan fingerprint density at radius 1 is 1.36 bits per heavy atom. The summed E-state index contributed by atoms with van der Waals surface area (Å²) in [5, 5.41) is 0. The van der Waals surface area contributed by atoms with Crippen LogP contribution in [0.15, 0.2) is 40.8 Å². The van der Waals surface area contributed by atoms with Crippen molar-refractivity contribution in [3.63, 3.8) is 0 Å². The molecular weight excluding hydrogens is 320 g/mol. The average molecular weight is 342 g/mol. The van der Waals surface area contributed by atoms with Gasteiger partial charge < -0.3 is 19.0 Å². The molecule has 1 saturated heterocycles. The zero-order valence-corrected chi connectivity index (χ0v) is 14.7. The van der Waals surface area contributed by atoms with E-state index in [1.165, 1.54) is 0 Å². The maximum absolute atomic E-state index is 12.7. The van der Waals surface area contributed by atoms with E-state index in [0.29, 0.717) is 18.8 Å². The molecule has 132 valence electrons. The minimum Gasteiger partial charge on any atom is -0.497 e. The number of nitrogens with zero attached hydrogens (tertiary/aromatic N) is 2. The Morgan fingerprint density at radius 2 is 2.16 bits per heavy atom.